The van der Waals surface area contributed by atoms with Crippen molar-refractivity contribution in [1.29, 1.82) is 0 Å². The number of hydrogen-bond donors (Lipinski definition) is 1. The predicted octanol–water partition coefficient (Wildman–Crippen LogP) is 2.67. The normalized spacial score (nSPS) is 17.9. The van der Waals surface area contributed by atoms with E-state index in [1.807, 2.05) is 6.20 Å². The zero-order valence-corrected chi connectivity index (χ0v) is 13.4. The number of hydrogen-bond acceptors (Lipinski definition) is 5. The largest absolute Gasteiger partial charge is 0.378 e. The highest BCUT2D eigenvalue weighted by Gasteiger charge is 2.23. The SMILES string of the molecule is CCn1ncc2c1CCCC2NCc1csc(COC)n1. The van der Waals surface area contributed by atoms with E-state index in [0.717, 1.165) is 30.2 Å². The average molecular weight is 306 g/mol. The summed E-state index contributed by atoms with van der Waals surface area (Å²) >= 11 is 1.66. The van der Waals surface area contributed by atoms with Crippen LogP contribution in [0.15, 0.2) is 11.6 Å². The Morgan fingerprint density at radius 2 is 2.43 bits per heavy atom. The maximum absolute atomic E-state index is 5.11. The lowest BCUT2D eigenvalue weighted by atomic mass is 9.93. The van der Waals surface area contributed by atoms with Crippen molar-refractivity contribution >= 4 is 11.3 Å². The summed E-state index contributed by atoms with van der Waals surface area (Å²) in [6.45, 7) is 4.51. The molecule has 1 aliphatic carbocycles. The molecule has 0 spiro atoms. The van der Waals surface area contributed by atoms with Gasteiger partial charge in [0.2, 0.25) is 0 Å². The summed E-state index contributed by atoms with van der Waals surface area (Å²) in [5.41, 5.74) is 3.87. The molecule has 1 unspecified atom stereocenters. The number of nitrogens with one attached hydrogen (secondary N) is 1. The molecule has 0 amide bonds. The van der Waals surface area contributed by atoms with Crippen LogP contribution in [-0.4, -0.2) is 21.9 Å². The number of nitrogens with zero attached hydrogens (tertiary/aromatic N) is 3. The van der Waals surface area contributed by atoms with Gasteiger partial charge in [-0.1, -0.05) is 0 Å². The summed E-state index contributed by atoms with van der Waals surface area (Å²) in [7, 11) is 1.70. The number of thiazole rings is 1. The second-order valence-electron chi connectivity index (χ2n) is 5.35. The molecule has 2 aromatic rings. The van der Waals surface area contributed by atoms with E-state index in [-0.39, 0.29) is 0 Å². The van der Waals surface area contributed by atoms with Crippen LogP contribution in [0, 0.1) is 0 Å². The molecule has 0 aromatic carbocycles. The number of aromatic nitrogens is 3. The molecule has 0 radical (unpaired) electrons. The molecule has 1 aliphatic rings. The van der Waals surface area contributed by atoms with Crippen molar-refractivity contribution in [2.45, 2.75) is 51.9 Å². The maximum atomic E-state index is 5.11. The van der Waals surface area contributed by atoms with Gasteiger partial charge in [-0.25, -0.2) is 4.98 Å². The third-order valence-corrected chi connectivity index (χ3v) is 4.83. The lowest BCUT2D eigenvalue weighted by Gasteiger charge is -2.23. The van der Waals surface area contributed by atoms with Crippen LogP contribution in [-0.2, 0) is 30.9 Å². The molecule has 5 nitrogen and oxygen atoms in total. The van der Waals surface area contributed by atoms with Gasteiger partial charge in [-0.05, 0) is 26.2 Å². The number of rotatable bonds is 6. The molecular weight excluding hydrogens is 284 g/mol. The summed E-state index contributed by atoms with van der Waals surface area (Å²) < 4.78 is 7.24. The van der Waals surface area contributed by atoms with Gasteiger partial charge >= 0.3 is 0 Å². The fourth-order valence-corrected chi connectivity index (χ4v) is 3.71. The minimum absolute atomic E-state index is 0.404. The highest BCUT2D eigenvalue weighted by Crippen LogP contribution is 2.29. The molecule has 21 heavy (non-hydrogen) atoms. The standard InChI is InChI=1S/C15H22N4OS/c1-3-19-14-6-4-5-13(12(14)8-17-19)16-7-11-10-21-15(18-11)9-20-2/h8,10,13,16H,3-7,9H2,1-2H3. The van der Waals surface area contributed by atoms with Crippen LogP contribution in [0.5, 0.6) is 0 Å². The molecule has 2 heterocycles. The van der Waals surface area contributed by atoms with Gasteiger partial charge in [0.05, 0.1) is 18.5 Å². The van der Waals surface area contributed by atoms with Gasteiger partial charge in [0.15, 0.2) is 0 Å². The fraction of sp³-hybridized carbons (Fsp3) is 0.600. The fourth-order valence-electron chi connectivity index (χ4n) is 2.95. The smallest absolute Gasteiger partial charge is 0.119 e. The van der Waals surface area contributed by atoms with E-state index in [1.165, 1.54) is 24.1 Å². The Balaban J connectivity index is 1.64. The van der Waals surface area contributed by atoms with Gasteiger partial charge in [-0.2, -0.15) is 5.10 Å². The van der Waals surface area contributed by atoms with Crippen LogP contribution in [0.2, 0.25) is 0 Å². The van der Waals surface area contributed by atoms with Crippen molar-refractivity contribution in [1.82, 2.24) is 20.1 Å². The molecule has 3 rings (SSSR count). The molecule has 0 fully saturated rings. The second kappa shape index (κ2) is 6.68. The molecule has 6 heteroatoms. The van der Waals surface area contributed by atoms with E-state index in [9.17, 15) is 0 Å². The summed E-state index contributed by atoms with van der Waals surface area (Å²) in [6, 6.07) is 0.404. The first-order chi connectivity index (χ1) is 10.3. The Morgan fingerprint density at radius 1 is 1.52 bits per heavy atom. The molecule has 0 saturated carbocycles. The molecule has 0 aliphatic heterocycles. The van der Waals surface area contributed by atoms with Crippen molar-refractivity contribution in [3.8, 4) is 0 Å². The lowest BCUT2D eigenvalue weighted by molar-refractivity contribution is 0.184. The number of ether oxygens (including phenoxy) is 1. The Hall–Kier alpha value is -1.24. The average Bonchev–Trinajstić information content (AvgIpc) is 3.12. The van der Waals surface area contributed by atoms with E-state index in [4.69, 9.17) is 4.74 Å². The second-order valence-corrected chi connectivity index (χ2v) is 6.30. The topological polar surface area (TPSA) is 52.0 Å². The Bertz CT molecular complexity index is 592. The number of aryl methyl sites for hydroxylation is 1. The van der Waals surface area contributed by atoms with Crippen LogP contribution >= 0.6 is 11.3 Å². The number of fused-ring (bicyclic) bond motifs is 1. The van der Waals surface area contributed by atoms with Crippen LogP contribution in [0.1, 0.15) is 47.8 Å². The van der Waals surface area contributed by atoms with Crippen molar-refractivity contribution in [3.63, 3.8) is 0 Å². The van der Waals surface area contributed by atoms with E-state index in [0.29, 0.717) is 12.6 Å². The molecule has 1 atom stereocenters. The zero-order chi connectivity index (χ0) is 14.7. The van der Waals surface area contributed by atoms with Gasteiger partial charge in [0.1, 0.15) is 5.01 Å². The van der Waals surface area contributed by atoms with Gasteiger partial charge in [-0.3, -0.25) is 4.68 Å². The molecule has 114 valence electrons. The highest BCUT2D eigenvalue weighted by atomic mass is 32.1. The molecule has 1 N–H and O–H groups in total. The molecule has 0 saturated heterocycles. The van der Waals surface area contributed by atoms with Crippen LogP contribution in [0.3, 0.4) is 0 Å². The van der Waals surface area contributed by atoms with Gasteiger partial charge in [0, 0.05) is 42.9 Å². The van der Waals surface area contributed by atoms with E-state index < -0.39 is 0 Å². The van der Waals surface area contributed by atoms with Crippen LogP contribution in [0.25, 0.3) is 0 Å². The first-order valence-electron chi connectivity index (χ1n) is 7.52. The zero-order valence-electron chi connectivity index (χ0n) is 12.6. The van der Waals surface area contributed by atoms with Gasteiger partial charge in [-0.15, -0.1) is 11.3 Å². The summed E-state index contributed by atoms with van der Waals surface area (Å²) in [6.07, 6.45) is 5.59. The summed E-state index contributed by atoms with van der Waals surface area (Å²) in [4.78, 5) is 4.57. The Kier molecular flexibility index (Phi) is 4.67. The van der Waals surface area contributed by atoms with E-state index in [1.54, 1.807) is 18.4 Å². The first kappa shape index (κ1) is 14.7. The van der Waals surface area contributed by atoms with Crippen LogP contribution < -0.4 is 5.32 Å². The van der Waals surface area contributed by atoms with Crippen molar-refractivity contribution in [3.05, 3.63) is 33.5 Å². The van der Waals surface area contributed by atoms with Crippen molar-refractivity contribution in [2.75, 3.05) is 7.11 Å². The molecule has 2 aromatic heterocycles. The number of methoxy groups -OCH3 is 1. The van der Waals surface area contributed by atoms with Crippen molar-refractivity contribution < 1.29 is 4.74 Å². The quantitative estimate of drug-likeness (QED) is 0.891. The van der Waals surface area contributed by atoms with E-state index >= 15 is 0 Å². The molecule has 0 bridgehead atoms. The first-order valence-corrected chi connectivity index (χ1v) is 8.40. The lowest BCUT2D eigenvalue weighted by Crippen LogP contribution is -2.25. The van der Waals surface area contributed by atoms with Gasteiger partial charge in [0.25, 0.3) is 0 Å². The monoisotopic (exact) mass is 306 g/mol. The minimum atomic E-state index is 0.404. The highest BCUT2D eigenvalue weighted by molar-refractivity contribution is 7.09. The van der Waals surface area contributed by atoms with Crippen molar-refractivity contribution in [2.24, 2.45) is 0 Å². The summed E-state index contributed by atoms with van der Waals surface area (Å²) in [5.74, 6) is 0. The summed E-state index contributed by atoms with van der Waals surface area (Å²) in [5, 5.41) is 11.3. The Labute approximate surface area is 129 Å². The maximum Gasteiger partial charge on any atom is 0.119 e. The van der Waals surface area contributed by atoms with Gasteiger partial charge < -0.3 is 10.1 Å². The third kappa shape index (κ3) is 3.17. The van der Waals surface area contributed by atoms with Crippen LogP contribution in [0.4, 0.5) is 0 Å². The van der Waals surface area contributed by atoms with E-state index in [2.05, 4.69) is 32.4 Å². The molecular formula is C15H22N4OS. The Morgan fingerprint density at radius 3 is 3.24 bits per heavy atom. The third-order valence-electron chi connectivity index (χ3n) is 3.96. The minimum Gasteiger partial charge on any atom is -0.378 e. The predicted molar refractivity (Wildman–Crippen MR) is 83.2 cm³/mol.